The standard InChI is InChI=1S/C18H20ClN4O2P/c19-17-16-18(21-10-20-17)23(11-22-16)15-7-5-14(6-8-15)13-3-1-12(2-4-13)9-26(24)25/h5-8,10-13,24-25H,1-4,9H2. The first-order chi connectivity index (χ1) is 12.6. The van der Waals surface area contributed by atoms with Gasteiger partial charge in [0.15, 0.2) is 19.2 Å². The first kappa shape index (κ1) is 17.8. The van der Waals surface area contributed by atoms with Crippen molar-refractivity contribution in [3.63, 3.8) is 0 Å². The van der Waals surface area contributed by atoms with Gasteiger partial charge >= 0.3 is 0 Å². The molecule has 1 aliphatic rings. The number of aromatic nitrogens is 4. The van der Waals surface area contributed by atoms with Crippen molar-refractivity contribution in [2.75, 3.05) is 6.16 Å². The van der Waals surface area contributed by atoms with Crippen molar-refractivity contribution in [3.8, 4) is 5.69 Å². The van der Waals surface area contributed by atoms with Gasteiger partial charge in [0.25, 0.3) is 0 Å². The van der Waals surface area contributed by atoms with Crippen LogP contribution in [-0.4, -0.2) is 35.5 Å². The Balaban J connectivity index is 1.50. The summed E-state index contributed by atoms with van der Waals surface area (Å²) < 4.78 is 1.91. The first-order valence-corrected chi connectivity index (χ1v) is 10.5. The van der Waals surface area contributed by atoms with Crippen LogP contribution in [0.2, 0.25) is 5.15 Å². The van der Waals surface area contributed by atoms with E-state index in [2.05, 4.69) is 39.2 Å². The molecule has 8 heteroatoms. The summed E-state index contributed by atoms with van der Waals surface area (Å²) in [5, 5.41) is 0.358. The van der Waals surface area contributed by atoms with Crippen molar-refractivity contribution >= 4 is 31.1 Å². The lowest BCUT2D eigenvalue weighted by molar-refractivity contribution is 0.340. The zero-order valence-corrected chi connectivity index (χ0v) is 15.8. The van der Waals surface area contributed by atoms with E-state index in [1.165, 1.54) is 11.9 Å². The predicted octanol–water partition coefficient (Wildman–Crippen LogP) is 4.04. The van der Waals surface area contributed by atoms with Crippen molar-refractivity contribution < 1.29 is 9.79 Å². The molecule has 26 heavy (non-hydrogen) atoms. The van der Waals surface area contributed by atoms with Crippen molar-refractivity contribution in [3.05, 3.63) is 47.6 Å². The van der Waals surface area contributed by atoms with Crippen LogP contribution in [0.25, 0.3) is 16.9 Å². The number of rotatable bonds is 4. The van der Waals surface area contributed by atoms with Crippen LogP contribution in [0.4, 0.5) is 0 Å². The number of fused-ring (bicyclic) bond motifs is 1. The molecule has 0 aliphatic heterocycles. The minimum atomic E-state index is -1.76. The molecule has 0 radical (unpaired) electrons. The second-order valence-electron chi connectivity index (χ2n) is 6.82. The molecule has 0 atom stereocenters. The maximum atomic E-state index is 9.20. The highest BCUT2D eigenvalue weighted by atomic mass is 35.5. The smallest absolute Gasteiger partial charge is 0.169 e. The van der Waals surface area contributed by atoms with E-state index in [1.54, 1.807) is 6.33 Å². The van der Waals surface area contributed by atoms with Crippen LogP contribution < -0.4 is 0 Å². The summed E-state index contributed by atoms with van der Waals surface area (Å²) in [5.41, 5.74) is 3.62. The summed E-state index contributed by atoms with van der Waals surface area (Å²) in [7, 11) is -1.76. The highest BCUT2D eigenvalue weighted by molar-refractivity contribution is 7.45. The van der Waals surface area contributed by atoms with Crippen LogP contribution in [0.5, 0.6) is 0 Å². The summed E-state index contributed by atoms with van der Waals surface area (Å²) in [6.07, 6.45) is 8.04. The molecule has 2 N–H and O–H groups in total. The van der Waals surface area contributed by atoms with Crippen molar-refractivity contribution in [2.24, 2.45) is 5.92 Å². The highest BCUT2D eigenvalue weighted by Crippen LogP contribution is 2.40. The van der Waals surface area contributed by atoms with Gasteiger partial charge in [-0.25, -0.2) is 15.0 Å². The van der Waals surface area contributed by atoms with Gasteiger partial charge in [-0.1, -0.05) is 23.7 Å². The molecule has 1 aromatic carbocycles. The number of benzene rings is 1. The van der Waals surface area contributed by atoms with E-state index < -0.39 is 8.38 Å². The third-order valence-corrected chi connectivity index (χ3v) is 6.32. The van der Waals surface area contributed by atoms with Gasteiger partial charge in [-0.05, 0) is 55.2 Å². The van der Waals surface area contributed by atoms with Crippen molar-refractivity contribution in [1.82, 2.24) is 19.5 Å². The summed E-state index contributed by atoms with van der Waals surface area (Å²) in [4.78, 5) is 30.9. The molecule has 3 aromatic rings. The molecule has 2 aromatic heterocycles. The third kappa shape index (κ3) is 3.60. The minimum Gasteiger partial charge on any atom is -0.350 e. The van der Waals surface area contributed by atoms with E-state index in [4.69, 9.17) is 11.6 Å². The van der Waals surface area contributed by atoms with Gasteiger partial charge in [0.05, 0.1) is 0 Å². The largest absolute Gasteiger partial charge is 0.350 e. The number of halogens is 1. The number of nitrogens with zero attached hydrogens (tertiary/aromatic N) is 4. The number of hydrogen-bond acceptors (Lipinski definition) is 5. The fourth-order valence-corrected chi connectivity index (χ4v) is 4.82. The number of imidazole rings is 1. The van der Waals surface area contributed by atoms with Crippen LogP contribution >= 0.6 is 20.0 Å². The molecular weight excluding hydrogens is 371 g/mol. The molecule has 1 fully saturated rings. The van der Waals surface area contributed by atoms with Gasteiger partial charge in [0, 0.05) is 11.8 Å². The average Bonchev–Trinajstić information content (AvgIpc) is 3.08. The fraction of sp³-hybridized carbons (Fsp3) is 0.389. The lowest BCUT2D eigenvalue weighted by atomic mass is 9.79. The SMILES string of the molecule is OP(O)CC1CCC(c2ccc(-n3cnc4c(Cl)ncnc43)cc2)CC1. The van der Waals surface area contributed by atoms with E-state index in [0.717, 1.165) is 31.4 Å². The van der Waals surface area contributed by atoms with Gasteiger partial charge in [0.1, 0.15) is 18.2 Å². The zero-order chi connectivity index (χ0) is 18.1. The molecule has 6 nitrogen and oxygen atoms in total. The average molecular weight is 391 g/mol. The minimum absolute atomic E-state index is 0.358. The molecule has 1 aliphatic carbocycles. The molecule has 2 heterocycles. The lowest BCUT2D eigenvalue weighted by Crippen LogP contribution is -2.15. The second kappa shape index (κ2) is 7.57. The quantitative estimate of drug-likeness (QED) is 0.519. The Morgan fingerprint density at radius 3 is 2.46 bits per heavy atom. The predicted molar refractivity (Wildman–Crippen MR) is 103 cm³/mol. The van der Waals surface area contributed by atoms with Gasteiger partial charge in [-0.2, -0.15) is 0 Å². The first-order valence-electron chi connectivity index (χ1n) is 8.71. The molecule has 4 rings (SSSR count). The van der Waals surface area contributed by atoms with Crippen LogP contribution in [0.1, 0.15) is 37.2 Å². The third-order valence-electron chi connectivity index (χ3n) is 5.20. The maximum Gasteiger partial charge on any atom is 0.169 e. The molecule has 0 bridgehead atoms. The van der Waals surface area contributed by atoms with Crippen LogP contribution in [0.3, 0.4) is 0 Å². The zero-order valence-electron chi connectivity index (χ0n) is 14.2. The monoisotopic (exact) mass is 390 g/mol. The fourth-order valence-electron chi connectivity index (χ4n) is 3.81. The summed E-state index contributed by atoms with van der Waals surface area (Å²) >= 11 is 6.07. The van der Waals surface area contributed by atoms with Gasteiger partial charge in [-0.15, -0.1) is 0 Å². The molecule has 0 unspecified atom stereocenters. The van der Waals surface area contributed by atoms with E-state index in [0.29, 0.717) is 34.3 Å². The Bertz CT molecular complexity index is 892. The molecule has 136 valence electrons. The maximum absolute atomic E-state index is 9.20. The second-order valence-corrected chi connectivity index (χ2v) is 8.28. The van der Waals surface area contributed by atoms with Crippen molar-refractivity contribution in [2.45, 2.75) is 31.6 Å². The Hall–Kier alpha value is -1.59. The van der Waals surface area contributed by atoms with E-state index >= 15 is 0 Å². The molecule has 1 saturated carbocycles. The molecule has 0 spiro atoms. The number of hydrogen-bond donors (Lipinski definition) is 2. The molecule has 0 amide bonds. The van der Waals surface area contributed by atoms with E-state index in [9.17, 15) is 9.79 Å². The summed E-state index contributed by atoms with van der Waals surface area (Å²) in [6, 6.07) is 8.50. The van der Waals surface area contributed by atoms with Crippen LogP contribution in [0.15, 0.2) is 36.9 Å². The summed E-state index contributed by atoms with van der Waals surface area (Å²) in [6.45, 7) is 0. The van der Waals surface area contributed by atoms with Gasteiger partial charge in [0.2, 0.25) is 0 Å². The summed E-state index contributed by atoms with van der Waals surface area (Å²) in [5.74, 6) is 0.994. The Labute approximate surface area is 157 Å². The molecular formula is C18H20ClN4O2P. The van der Waals surface area contributed by atoms with Crippen LogP contribution in [-0.2, 0) is 0 Å². The van der Waals surface area contributed by atoms with Crippen molar-refractivity contribution in [1.29, 1.82) is 0 Å². The highest BCUT2D eigenvalue weighted by Gasteiger charge is 2.24. The lowest BCUT2D eigenvalue weighted by Gasteiger charge is -2.29. The molecule has 0 saturated heterocycles. The van der Waals surface area contributed by atoms with Gasteiger partial charge < -0.3 is 9.79 Å². The van der Waals surface area contributed by atoms with Crippen LogP contribution in [0, 0.1) is 5.92 Å². The van der Waals surface area contributed by atoms with E-state index in [1.807, 2.05) is 4.57 Å². The van der Waals surface area contributed by atoms with E-state index in [-0.39, 0.29) is 0 Å². The Morgan fingerprint density at radius 1 is 1.04 bits per heavy atom. The Kier molecular flexibility index (Phi) is 5.18. The normalized spacial score (nSPS) is 20.8. The van der Waals surface area contributed by atoms with Gasteiger partial charge in [-0.3, -0.25) is 4.57 Å². The topological polar surface area (TPSA) is 84.1 Å². The Morgan fingerprint density at radius 2 is 1.77 bits per heavy atom.